The highest BCUT2D eigenvalue weighted by atomic mass is 35.9. The molecule has 0 radical (unpaired) electrons. The molecule has 0 amide bonds. The van der Waals surface area contributed by atoms with Crippen LogP contribution in [0.2, 0.25) is 0 Å². The molecule has 1 rings (SSSR count). The maximum Gasteiger partial charge on any atom is 0.257 e. The van der Waals surface area contributed by atoms with Gasteiger partial charge in [-0.3, -0.25) is 0 Å². The van der Waals surface area contributed by atoms with Crippen LogP contribution in [0.25, 0.3) is 0 Å². The van der Waals surface area contributed by atoms with Crippen molar-refractivity contribution in [2.24, 2.45) is 13.5 Å². The lowest BCUT2D eigenvalue weighted by Gasteiger charge is -2.31. The van der Waals surface area contributed by atoms with Gasteiger partial charge in [0.2, 0.25) is 13.4 Å². The minimum absolute atomic E-state index is 1.70. The smallest absolute Gasteiger partial charge is 0.246 e. The van der Waals surface area contributed by atoms with E-state index in [9.17, 15) is 0 Å². The third kappa shape index (κ3) is 3.41. The van der Waals surface area contributed by atoms with Gasteiger partial charge >= 0.3 is 0 Å². The van der Waals surface area contributed by atoms with Gasteiger partial charge in [-0.15, -0.1) is 0 Å². The number of halogens is 4. The SMILES string of the molecule is CN(C)[P@@]1(Cl)=NP(Cl)(Cl)=N[P@@](Cl)(N(C)C)=N1. The van der Waals surface area contributed by atoms with Crippen molar-refractivity contribution in [3.8, 4) is 0 Å². The molecule has 1 heterocycles. The van der Waals surface area contributed by atoms with Gasteiger partial charge in [-0.2, -0.15) is 13.5 Å². The molecule has 1 aliphatic rings. The molecule has 1 aliphatic heterocycles. The van der Waals surface area contributed by atoms with Crippen LogP contribution < -0.4 is 0 Å². The zero-order chi connectivity index (χ0) is 12.8. The molecule has 2 atom stereocenters. The van der Waals surface area contributed by atoms with Crippen molar-refractivity contribution < 1.29 is 0 Å². The molecule has 0 fully saturated rings. The molecule has 5 nitrogen and oxygen atoms in total. The highest BCUT2D eigenvalue weighted by molar-refractivity contribution is 8.17. The molecule has 96 valence electrons. The fraction of sp³-hybridized carbons (Fsp3) is 1.00. The minimum Gasteiger partial charge on any atom is -0.246 e. The van der Waals surface area contributed by atoms with E-state index in [4.69, 9.17) is 45.0 Å². The lowest BCUT2D eigenvalue weighted by Crippen LogP contribution is -2.07. The summed E-state index contributed by atoms with van der Waals surface area (Å²) in [6.45, 7) is -5.22. The Morgan fingerprint density at radius 3 is 1.44 bits per heavy atom. The van der Waals surface area contributed by atoms with Gasteiger partial charge in [0.05, 0.1) is 0 Å². The van der Waals surface area contributed by atoms with Gasteiger partial charge in [-0.25, -0.2) is 9.34 Å². The van der Waals surface area contributed by atoms with Gasteiger partial charge in [0.25, 0.3) is 5.91 Å². The van der Waals surface area contributed by atoms with Gasteiger partial charge in [-0.1, -0.05) is 0 Å². The number of hydrogen-bond acceptors (Lipinski definition) is 5. The van der Waals surface area contributed by atoms with E-state index in [1.807, 2.05) is 0 Å². The molecular formula is C4H12Cl4N5P3. The first kappa shape index (κ1) is 15.8. The van der Waals surface area contributed by atoms with Gasteiger partial charge < -0.3 is 0 Å². The summed E-state index contributed by atoms with van der Waals surface area (Å²) in [5.41, 5.74) is 0. The highest BCUT2D eigenvalue weighted by Crippen LogP contribution is 2.85. The normalized spacial score (nSPS) is 37.9. The van der Waals surface area contributed by atoms with E-state index in [1.54, 1.807) is 37.5 Å². The lowest BCUT2D eigenvalue weighted by atomic mass is 11.3. The highest BCUT2D eigenvalue weighted by Gasteiger charge is 2.35. The van der Waals surface area contributed by atoms with Crippen LogP contribution in [0.15, 0.2) is 13.5 Å². The monoisotopic (exact) mass is 363 g/mol. The molecular weight excluding hydrogens is 353 g/mol. The van der Waals surface area contributed by atoms with Gasteiger partial charge in [0.15, 0.2) is 0 Å². The molecule has 16 heavy (non-hydrogen) atoms. The number of nitrogens with zero attached hydrogens (tertiary/aromatic N) is 5. The van der Waals surface area contributed by atoms with Crippen molar-refractivity contribution in [3.05, 3.63) is 0 Å². The van der Waals surface area contributed by atoms with Gasteiger partial charge in [-0.05, 0) is 73.2 Å². The second kappa shape index (κ2) is 5.04. The summed E-state index contributed by atoms with van der Waals surface area (Å²) in [7, 11) is 7.07. The number of hydrogen-bond donors (Lipinski definition) is 0. The standard InChI is InChI=1S/C4H12Cl4N5P3/c1-12(2)15(7)9-14(5,6)10-16(8,11-15)13(3)4/h1-4H3/t15-,16+. The first-order valence-corrected chi connectivity index (χ1v) is 12.7. The minimum atomic E-state index is -2.84. The fourth-order valence-electron chi connectivity index (χ4n) is 0.792. The van der Waals surface area contributed by atoms with Gasteiger partial charge in [0, 0.05) is 0 Å². The summed E-state index contributed by atoms with van der Waals surface area (Å²) in [6.07, 6.45) is 0. The summed E-state index contributed by atoms with van der Waals surface area (Å²) in [5.74, 6) is -2.84. The largest absolute Gasteiger partial charge is 0.257 e. The second-order valence-corrected chi connectivity index (χ2v) is 16.1. The predicted octanol–water partition coefficient (Wildman–Crippen LogP) is 5.92. The van der Waals surface area contributed by atoms with E-state index in [2.05, 4.69) is 13.5 Å². The first-order chi connectivity index (χ1) is 7.01. The molecule has 0 saturated carbocycles. The summed E-state index contributed by atoms with van der Waals surface area (Å²) >= 11 is 24.8. The van der Waals surface area contributed by atoms with Crippen LogP contribution in [-0.4, -0.2) is 37.5 Å². The first-order valence-electron chi connectivity index (χ1n) is 4.06. The maximum absolute atomic E-state index is 6.34. The van der Waals surface area contributed by atoms with E-state index in [0.717, 1.165) is 0 Å². The molecule has 0 N–H and O–H groups in total. The van der Waals surface area contributed by atoms with E-state index in [0.29, 0.717) is 0 Å². The Labute approximate surface area is 115 Å². The Morgan fingerprint density at radius 1 is 0.688 bits per heavy atom. The second-order valence-electron chi connectivity index (χ2n) is 3.41. The molecule has 0 bridgehead atoms. The molecule has 0 unspecified atom stereocenters. The van der Waals surface area contributed by atoms with Crippen LogP contribution in [0.5, 0.6) is 0 Å². The summed E-state index contributed by atoms with van der Waals surface area (Å²) in [4.78, 5) is 0. The van der Waals surface area contributed by atoms with E-state index in [-0.39, 0.29) is 0 Å². The van der Waals surface area contributed by atoms with Crippen molar-refractivity contribution in [2.75, 3.05) is 28.2 Å². The van der Waals surface area contributed by atoms with Crippen molar-refractivity contribution in [1.29, 1.82) is 0 Å². The average Bonchev–Trinajstić information content (AvgIpc) is 1.98. The van der Waals surface area contributed by atoms with Crippen LogP contribution in [0, 0.1) is 0 Å². The molecule has 0 aromatic rings. The summed E-state index contributed by atoms with van der Waals surface area (Å²) in [5, 5.41) is 0. The molecule has 0 aromatic carbocycles. The quantitative estimate of drug-likeness (QED) is 0.571. The molecule has 0 spiro atoms. The maximum atomic E-state index is 6.34. The van der Waals surface area contributed by atoms with Crippen LogP contribution in [0.1, 0.15) is 0 Å². The van der Waals surface area contributed by atoms with E-state index < -0.39 is 19.3 Å². The third-order valence-corrected chi connectivity index (χ3v) is 15.8. The Balaban J connectivity index is 3.56. The topological polar surface area (TPSA) is 43.6 Å². The van der Waals surface area contributed by atoms with Crippen molar-refractivity contribution in [3.63, 3.8) is 0 Å². The molecule has 12 heteroatoms. The van der Waals surface area contributed by atoms with Gasteiger partial charge in [0.1, 0.15) is 0 Å². The van der Waals surface area contributed by atoms with E-state index >= 15 is 0 Å². The average molecular weight is 365 g/mol. The number of rotatable bonds is 2. The van der Waals surface area contributed by atoms with Crippen LogP contribution in [0.3, 0.4) is 0 Å². The zero-order valence-electron chi connectivity index (χ0n) is 9.09. The van der Waals surface area contributed by atoms with Crippen LogP contribution in [0.4, 0.5) is 0 Å². The lowest BCUT2D eigenvalue weighted by molar-refractivity contribution is 0.669. The van der Waals surface area contributed by atoms with E-state index in [1.165, 1.54) is 0 Å². The van der Waals surface area contributed by atoms with Crippen LogP contribution in [-0.2, 0) is 0 Å². The Hall–Kier alpha value is 1.77. The fourth-order valence-corrected chi connectivity index (χ4v) is 16.5. The zero-order valence-corrected chi connectivity index (χ0v) is 14.8. The molecule has 0 saturated heterocycles. The Kier molecular flexibility index (Phi) is 4.98. The predicted molar refractivity (Wildman–Crippen MR) is 78.8 cm³/mol. The van der Waals surface area contributed by atoms with Crippen molar-refractivity contribution >= 4 is 64.3 Å². The Morgan fingerprint density at radius 2 is 1.06 bits per heavy atom. The van der Waals surface area contributed by atoms with Crippen molar-refractivity contribution in [2.45, 2.75) is 0 Å². The summed E-state index contributed by atoms with van der Waals surface area (Å²) < 4.78 is 16.1. The molecule has 0 aromatic heterocycles. The third-order valence-electron chi connectivity index (χ3n) is 1.69. The molecule has 0 aliphatic carbocycles. The van der Waals surface area contributed by atoms with Crippen molar-refractivity contribution in [1.82, 2.24) is 9.34 Å². The van der Waals surface area contributed by atoms with Crippen LogP contribution >= 0.6 is 64.3 Å². The summed E-state index contributed by atoms with van der Waals surface area (Å²) in [6, 6.07) is 0. The Bertz CT molecular complexity index is 437.